The number of hydrogen-bond acceptors (Lipinski definition) is 1. The fourth-order valence-electron chi connectivity index (χ4n) is 1.96. The van der Waals surface area contributed by atoms with Crippen molar-refractivity contribution >= 4 is 29.7 Å². The lowest BCUT2D eigenvalue weighted by Gasteiger charge is -2.22. The molecular formula is C17H17Cl2N. The van der Waals surface area contributed by atoms with Gasteiger partial charge in [-0.3, -0.25) is 0 Å². The van der Waals surface area contributed by atoms with Crippen molar-refractivity contribution in [3.63, 3.8) is 0 Å². The maximum Gasteiger partial charge on any atom is 0.0791 e. The molecule has 0 aliphatic carbocycles. The Balaban J connectivity index is 0.00000200. The first-order chi connectivity index (χ1) is 9.29. The Kier molecular flexibility index (Phi) is 7.01. The van der Waals surface area contributed by atoms with Gasteiger partial charge in [0.25, 0.3) is 0 Å². The molecule has 0 aliphatic heterocycles. The second-order valence-corrected chi connectivity index (χ2v) is 4.77. The summed E-state index contributed by atoms with van der Waals surface area (Å²) in [5.41, 5.74) is 2.43. The summed E-state index contributed by atoms with van der Waals surface area (Å²) in [6, 6.07) is 18.2. The zero-order chi connectivity index (χ0) is 13.5. The highest BCUT2D eigenvalue weighted by molar-refractivity contribution is 6.30. The Hall–Kier alpha value is -1.62. The number of nitrogens with zero attached hydrogens (tertiary/aromatic N) is 1. The van der Waals surface area contributed by atoms with Crippen LogP contribution in [0.1, 0.15) is 5.56 Å². The van der Waals surface area contributed by atoms with Crippen LogP contribution < -0.4 is 4.90 Å². The molecular weight excluding hydrogens is 289 g/mol. The molecule has 2 rings (SSSR count). The van der Waals surface area contributed by atoms with Gasteiger partial charge in [0.15, 0.2) is 0 Å². The lowest BCUT2D eigenvalue weighted by molar-refractivity contribution is 0.844. The minimum absolute atomic E-state index is 0. The van der Waals surface area contributed by atoms with E-state index in [9.17, 15) is 0 Å². The summed E-state index contributed by atoms with van der Waals surface area (Å²) < 4.78 is 0. The summed E-state index contributed by atoms with van der Waals surface area (Å²) in [7, 11) is 0. The molecule has 0 amide bonds. The first-order valence-corrected chi connectivity index (χ1v) is 6.65. The molecule has 0 heterocycles. The Bertz CT molecular complexity index is 543. The summed E-state index contributed by atoms with van der Waals surface area (Å²) >= 11 is 5.88. The summed E-state index contributed by atoms with van der Waals surface area (Å²) in [5.74, 6) is 2.72. The molecule has 0 atom stereocenters. The van der Waals surface area contributed by atoms with Gasteiger partial charge in [-0.1, -0.05) is 47.9 Å². The van der Waals surface area contributed by atoms with Gasteiger partial charge in [0.2, 0.25) is 0 Å². The Morgan fingerprint density at radius 1 is 1.00 bits per heavy atom. The lowest BCUT2D eigenvalue weighted by atomic mass is 10.1. The van der Waals surface area contributed by atoms with E-state index in [1.165, 1.54) is 5.56 Å². The lowest BCUT2D eigenvalue weighted by Crippen LogP contribution is -2.26. The third-order valence-corrected chi connectivity index (χ3v) is 3.24. The van der Waals surface area contributed by atoms with Crippen LogP contribution >= 0.6 is 24.0 Å². The molecule has 0 saturated carbocycles. The van der Waals surface area contributed by atoms with Crippen molar-refractivity contribution in [3.05, 3.63) is 65.2 Å². The van der Waals surface area contributed by atoms with Gasteiger partial charge in [-0.25, -0.2) is 0 Å². The topological polar surface area (TPSA) is 3.24 Å². The SMILES string of the molecule is C#CCN(CCc1ccc(Cl)cc1)c1ccccc1.Cl. The summed E-state index contributed by atoms with van der Waals surface area (Å²) in [4.78, 5) is 2.20. The fourth-order valence-corrected chi connectivity index (χ4v) is 2.09. The molecule has 0 saturated heterocycles. The average Bonchev–Trinajstić information content (AvgIpc) is 2.46. The summed E-state index contributed by atoms with van der Waals surface area (Å²) in [6.45, 7) is 1.52. The molecule has 1 nitrogen and oxygen atoms in total. The third kappa shape index (κ3) is 4.81. The third-order valence-electron chi connectivity index (χ3n) is 2.99. The Morgan fingerprint density at radius 2 is 1.65 bits per heavy atom. The van der Waals surface area contributed by atoms with Crippen LogP contribution in [0.5, 0.6) is 0 Å². The van der Waals surface area contributed by atoms with Gasteiger partial charge in [-0.15, -0.1) is 18.8 Å². The van der Waals surface area contributed by atoms with Crippen molar-refractivity contribution in [3.8, 4) is 12.3 Å². The second kappa shape index (κ2) is 8.53. The minimum Gasteiger partial charge on any atom is -0.360 e. The largest absolute Gasteiger partial charge is 0.360 e. The summed E-state index contributed by atoms with van der Waals surface area (Å²) in [6.07, 6.45) is 6.40. The quantitative estimate of drug-likeness (QED) is 0.738. The number of terminal acetylenes is 1. The van der Waals surface area contributed by atoms with Crippen LogP contribution in [0, 0.1) is 12.3 Å². The van der Waals surface area contributed by atoms with E-state index in [0.717, 1.165) is 23.7 Å². The fraction of sp³-hybridized carbons (Fsp3) is 0.176. The molecule has 0 bridgehead atoms. The number of halogens is 2. The maximum absolute atomic E-state index is 5.88. The van der Waals surface area contributed by atoms with E-state index < -0.39 is 0 Å². The number of para-hydroxylation sites is 1. The smallest absolute Gasteiger partial charge is 0.0791 e. The highest BCUT2D eigenvalue weighted by Gasteiger charge is 2.04. The van der Waals surface area contributed by atoms with Crippen molar-refractivity contribution in [2.75, 3.05) is 18.0 Å². The molecule has 0 aliphatic rings. The minimum atomic E-state index is 0. The average molecular weight is 306 g/mol. The molecule has 20 heavy (non-hydrogen) atoms. The van der Waals surface area contributed by atoms with E-state index in [1.54, 1.807) is 0 Å². The highest BCUT2D eigenvalue weighted by Crippen LogP contribution is 2.15. The normalized spacial score (nSPS) is 9.40. The zero-order valence-corrected chi connectivity index (χ0v) is 12.7. The number of hydrogen-bond donors (Lipinski definition) is 0. The monoisotopic (exact) mass is 305 g/mol. The van der Waals surface area contributed by atoms with Crippen LogP contribution in [0.3, 0.4) is 0 Å². The molecule has 0 radical (unpaired) electrons. The van der Waals surface area contributed by atoms with Crippen LogP contribution in [0.2, 0.25) is 5.02 Å². The van der Waals surface area contributed by atoms with E-state index >= 15 is 0 Å². The van der Waals surface area contributed by atoms with E-state index in [2.05, 4.69) is 35.1 Å². The summed E-state index contributed by atoms with van der Waals surface area (Å²) in [5, 5.41) is 0.771. The maximum atomic E-state index is 5.88. The van der Waals surface area contributed by atoms with Gasteiger partial charge in [0, 0.05) is 17.3 Å². The predicted octanol–water partition coefficient (Wildman–Crippen LogP) is 4.44. The molecule has 0 spiro atoms. The molecule has 2 aromatic rings. The molecule has 0 aromatic heterocycles. The van der Waals surface area contributed by atoms with Crippen LogP contribution in [0.25, 0.3) is 0 Å². The predicted molar refractivity (Wildman–Crippen MR) is 89.9 cm³/mol. The van der Waals surface area contributed by atoms with Crippen LogP contribution in [0.4, 0.5) is 5.69 Å². The first kappa shape index (κ1) is 16.4. The van der Waals surface area contributed by atoms with Gasteiger partial charge in [0.1, 0.15) is 0 Å². The van der Waals surface area contributed by atoms with E-state index in [0.29, 0.717) is 6.54 Å². The molecule has 0 N–H and O–H groups in total. The van der Waals surface area contributed by atoms with Gasteiger partial charge in [0.05, 0.1) is 6.54 Å². The van der Waals surface area contributed by atoms with E-state index in [1.807, 2.05) is 30.3 Å². The van der Waals surface area contributed by atoms with Gasteiger partial charge in [-0.2, -0.15) is 0 Å². The van der Waals surface area contributed by atoms with Gasteiger partial charge < -0.3 is 4.90 Å². The standard InChI is InChI=1S/C17H16ClN.ClH/c1-2-13-19(17-6-4-3-5-7-17)14-12-15-8-10-16(18)11-9-15;/h1,3-11H,12-14H2;1H. The molecule has 0 unspecified atom stereocenters. The Labute approximate surface area is 132 Å². The Morgan fingerprint density at radius 3 is 2.25 bits per heavy atom. The van der Waals surface area contributed by atoms with Crippen LogP contribution in [-0.4, -0.2) is 13.1 Å². The number of benzene rings is 2. The van der Waals surface area contributed by atoms with E-state index in [4.69, 9.17) is 18.0 Å². The van der Waals surface area contributed by atoms with Crippen LogP contribution in [0.15, 0.2) is 54.6 Å². The molecule has 0 fully saturated rings. The number of anilines is 1. The van der Waals surface area contributed by atoms with Crippen LogP contribution in [-0.2, 0) is 6.42 Å². The van der Waals surface area contributed by atoms with Crippen molar-refractivity contribution in [1.82, 2.24) is 0 Å². The van der Waals surface area contributed by atoms with Crippen molar-refractivity contribution in [1.29, 1.82) is 0 Å². The first-order valence-electron chi connectivity index (χ1n) is 6.27. The molecule has 3 heteroatoms. The molecule has 104 valence electrons. The molecule has 2 aromatic carbocycles. The van der Waals surface area contributed by atoms with Gasteiger partial charge in [-0.05, 0) is 36.2 Å². The van der Waals surface area contributed by atoms with Crippen molar-refractivity contribution < 1.29 is 0 Å². The highest BCUT2D eigenvalue weighted by atomic mass is 35.5. The van der Waals surface area contributed by atoms with E-state index in [-0.39, 0.29) is 12.4 Å². The zero-order valence-electron chi connectivity index (χ0n) is 11.1. The second-order valence-electron chi connectivity index (χ2n) is 4.34. The van der Waals surface area contributed by atoms with Crippen molar-refractivity contribution in [2.45, 2.75) is 6.42 Å². The number of rotatable bonds is 5. The van der Waals surface area contributed by atoms with Crippen molar-refractivity contribution in [2.24, 2.45) is 0 Å². The van der Waals surface area contributed by atoms with Gasteiger partial charge >= 0.3 is 0 Å².